The molecule has 3 rings (SSSR count). The number of methoxy groups -OCH3 is 1. The normalized spacial score (nSPS) is 16.8. The highest BCUT2D eigenvalue weighted by Crippen LogP contribution is 2.25. The molecule has 172 valence electrons. The molecule has 2 amide bonds. The van der Waals surface area contributed by atoms with E-state index < -0.39 is 15.9 Å². The van der Waals surface area contributed by atoms with Crippen LogP contribution in [0.25, 0.3) is 0 Å². The maximum atomic E-state index is 12.9. The molecule has 32 heavy (non-hydrogen) atoms. The molecule has 1 saturated heterocycles. The first-order chi connectivity index (χ1) is 15.4. The molecule has 0 aliphatic carbocycles. The lowest BCUT2D eigenvalue weighted by Gasteiger charge is -2.31. The van der Waals surface area contributed by atoms with E-state index in [0.29, 0.717) is 31.7 Å². The second-order valence-corrected chi connectivity index (χ2v) is 9.49. The number of hydrogen-bond donors (Lipinski definition) is 2. The van der Waals surface area contributed by atoms with Crippen molar-refractivity contribution in [2.45, 2.75) is 30.7 Å². The molecule has 1 aromatic heterocycles. The third kappa shape index (κ3) is 6.27. The van der Waals surface area contributed by atoms with Crippen molar-refractivity contribution in [3.63, 3.8) is 0 Å². The summed E-state index contributed by atoms with van der Waals surface area (Å²) in [6, 6.07) is 9.86. The monoisotopic (exact) mass is 460 g/mol. The Morgan fingerprint density at radius 3 is 2.66 bits per heavy atom. The van der Waals surface area contributed by atoms with Crippen molar-refractivity contribution in [1.82, 2.24) is 19.9 Å². The van der Waals surface area contributed by atoms with Gasteiger partial charge in [-0.2, -0.15) is 4.31 Å². The summed E-state index contributed by atoms with van der Waals surface area (Å²) >= 11 is 0. The highest BCUT2D eigenvalue weighted by molar-refractivity contribution is 7.89. The third-order valence-electron chi connectivity index (χ3n) is 5.32. The van der Waals surface area contributed by atoms with Gasteiger partial charge in [0.2, 0.25) is 21.8 Å². The van der Waals surface area contributed by atoms with Crippen LogP contribution < -0.4 is 15.4 Å². The fourth-order valence-corrected chi connectivity index (χ4v) is 5.03. The second kappa shape index (κ2) is 11.1. The highest BCUT2D eigenvalue weighted by Gasteiger charge is 2.33. The Morgan fingerprint density at radius 1 is 1.19 bits per heavy atom. The molecule has 0 radical (unpaired) electrons. The number of benzene rings is 1. The molecule has 1 aliphatic heterocycles. The zero-order valence-electron chi connectivity index (χ0n) is 18.0. The Labute approximate surface area is 188 Å². The number of carbonyl (C=O) groups excluding carboxylic acids is 2. The number of rotatable bonds is 9. The first-order valence-electron chi connectivity index (χ1n) is 10.5. The molecular formula is C22H28N4O5S. The molecule has 0 bridgehead atoms. The van der Waals surface area contributed by atoms with Gasteiger partial charge in [-0.05, 0) is 48.7 Å². The molecule has 10 heteroatoms. The van der Waals surface area contributed by atoms with Crippen LogP contribution in [-0.2, 0) is 26.2 Å². The van der Waals surface area contributed by atoms with Crippen LogP contribution in [0.2, 0.25) is 0 Å². The Hall–Kier alpha value is -2.98. The van der Waals surface area contributed by atoms with E-state index in [1.54, 1.807) is 30.6 Å². The Kier molecular flexibility index (Phi) is 8.18. The molecule has 1 fully saturated rings. The quantitative estimate of drug-likeness (QED) is 0.583. The van der Waals surface area contributed by atoms with E-state index in [0.717, 1.165) is 5.56 Å². The largest absolute Gasteiger partial charge is 0.497 e. The predicted octanol–water partition coefficient (Wildman–Crippen LogP) is 1.31. The van der Waals surface area contributed by atoms with Gasteiger partial charge in [-0.25, -0.2) is 8.42 Å². The van der Waals surface area contributed by atoms with Gasteiger partial charge in [0, 0.05) is 45.0 Å². The summed E-state index contributed by atoms with van der Waals surface area (Å²) in [5.41, 5.74) is 0.894. The lowest BCUT2D eigenvalue weighted by molar-refractivity contribution is -0.126. The minimum absolute atomic E-state index is 0.118. The van der Waals surface area contributed by atoms with Crippen molar-refractivity contribution in [2.75, 3.05) is 26.7 Å². The van der Waals surface area contributed by atoms with Gasteiger partial charge in [0.25, 0.3) is 0 Å². The van der Waals surface area contributed by atoms with Crippen molar-refractivity contribution < 1.29 is 22.7 Å². The molecule has 0 saturated carbocycles. The summed E-state index contributed by atoms with van der Waals surface area (Å²) < 4.78 is 32.3. The van der Waals surface area contributed by atoms with Gasteiger partial charge < -0.3 is 15.4 Å². The molecular weight excluding hydrogens is 432 g/mol. The van der Waals surface area contributed by atoms with Crippen LogP contribution in [-0.4, -0.2) is 56.3 Å². The number of hydrogen-bond acceptors (Lipinski definition) is 6. The number of amides is 2. The van der Waals surface area contributed by atoms with E-state index >= 15 is 0 Å². The number of aromatic nitrogens is 1. The molecule has 2 N–H and O–H groups in total. The molecule has 1 aromatic carbocycles. The molecule has 2 aromatic rings. The standard InChI is InChI=1S/C22H28N4O5S/c1-31-19-6-8-20(9-7-19)32(29,30)26-13-3-5-18(16-26)22(28)24-12-10-21(27)25-15-17-4-2-11-23-14-17/h2,4,6-9,11,14,18H,3,5,10,12-13,15-16H2,1H3,(H,24,28)(H,25,27)/t18-/m0/s1. The van der Waals surface area contributed by atoms with E-state index in [-0.39, 0.29) is 36.2 Å². The first kappa shape index (κ1) is 23.7. The van der Waals surface area contributed by atoms with E-state index in [1.807, 2.05) is 6.07 Å². The van der Waals surface area contributed by atoms with Crippen molar-refractivity contribution in [3.8, 4) is 5.75 Å². The molecule has 1 atom stereocenters. The number of ether oxygens (including phenoxy) is 1. The van der Waals surface area contributed by atoms with Gasteiger partial charge in [0.05, 0.1) is 17.9 Å². The van der Waals surface area contributed by atoms with Crippen molar-refractivity contribution in [3.05, 3.63) is 54.4 Å². The van der Waals surface area contributed by atoms with Crippen LogP contribution in [0.3, 0.4) is 0 Å². The van der Waals surface area contributed by atoms with Crippen molar-refractivity contribution in [1.29, 1.82) is 0 Å². The van der Waals surface area contributed by atoms with Crippen LogP contribution in [0.1, 0.15) is 24.8 Å². The van der Waals surface area contributed by atoms with Crippen LogP contribution >= 0.6 is 0 Å². The summed E-state index contributed by atoms with van der Waals surface area (Å²) in [5.74, 6) is -0.291. The Morgan fingerprint density at radius 2 is 1.97 bits per heavy atom. The van der Waals surface area contributed by atoms with Gasteiger partial charge in [-0.15, -0.1) is 0 Å². The number of pyridine rings is 1. The average molecular weight is 461 g/mol. The number of sulfonamides is 1. The maximum Gasteiger partial charge on any atom is 0.243 e. The van der Waals surface area contributed by atoms with E-state index in [1.165, 1.54) is 23.5 Å². The lowest BCUT2D eigenvalue weighted by Crippen LogP contribution is -2.45. The van der Waals surface area contributed by atoms with Gasteiger partial charge >= 0.3 is 0 Å². The lowest BCUT2D eigenvalue weighted by atomic mass is 9.99. The zero-order valence-corrected chi connectivity index (χ0v) is 18.8. The summed E-state index contributed by atoms with van der Waals surface area (Å²) in [7, 11) is -2.18. The third-order valence-corrected chi connectivity index (χ3v) is 7.20. The minimum atomic E-state index is -3.69. The minimum Gasteiger partial charge on any atom is -0.497 e. The average Bonchev–Trinajstić information content (AvgIpc) is 2.83. The van der Waals surface area contributed by atoms with Crippen LogP contribution in [0, 0.1) is 5.92 Å². The van der Waals surface area contributed by atoms with Crippen molar-refractivity contribution >= 4 is 21.8 Å². The Bertz CT molecular complexity index is 1010. The zero-order chi connectivity index (χ0) is 23.0. The summed E-state index contributed by atoms with van der Waals surface area (Å²) in [6.07, 6.45) is 4.69. The van der Waals surface area contributed by atoms with Gasteiger partial charge in [-0.3, -0.25) is 14.6 Å². The Balaban J connectivity index is 1.46. The molecule has 2 heterocycles. The highest BCUT2D eigenvalue weighted by atomic mass is 32.2. The van der Waals surface area contributed by atoms with Gasteiger partial charge in [0.15, 0.2) is 0 Å². The number of nitrogens with one attached hydrogen (secondary N) is 2. The molecule has 1 aliphatic rings. The van der Waals surface area contributed by atoms with E-state index in [9.17, 15) is 18.0 Å². The predicted molar refractivity (Wildman–Crippen MR) is 118 cm³/mol. The second-order valence-electron chi connectivity index (χ2n) is 7.56. The van der Waals surface area contributed by atoms with Gasteiger partial charge in [0.1, 0.15) is 5.75 Å². The number of nitrogens with zero attached hydrogens (tertiary/aromatic N) is 2. The summed E-state index contributed by atoms with van der Waals surface area (Å²) in [5, 5.41) is 5.54. The topological polar surface area (TPSA) is 118 Å². The van der Waals surface area contributed by atoms with E-state index in [4.69, 9.17) is 4.74 Å². The van der Waals surface area contributed by atoms with Crippen LogP contribution in [0.4, 0.5) is 0 Å². The van der Waals surface area contributed by atoms with E-state index in [2.05, 4.69) is 15.6 Å². The fraction of sp³-hybridized carbons (Fsp3) is 0.409. The number of piperidine rings is 1. The van der Waals surface area contributed by atoms with Crippen LogP contribution in [0.15, 0.2) is 53.7 Å². The molecule has 0 unspecified atom stereocenters. The molecule has 0 spiro atoms. The maximum absolute atomic E-state index is 12.9. The van der Waals surface area contributed by atoms with Gasteiger partial charge in [-0.1, -0.05) is 6.07 Å². The van der Waals surface area contributed by atoms with Crippen molar-refractivity contribution in [2.24, 2.45) is 5.92 Å². The SMILES string of the molecule is COc1ccc(S(=O)(=O)N2CCC[C@H](C(=O)NCCC(=O)NCc3cccnc3)C2)cc1. The molecule has 9 nitrogen and oxygen atoms in total. The number of carbonyl (C=O) groups is 2. The smallest absolute Gasteiger partial charge is 0.243 e. The fourth-order valence-electron chi connectivity index (χ4n) is 3.51. The first-order valence-corrected chi connectivity index (χ1v) is 11.9. The van der Waals surface area contributed by atoms with Crippen LogP contribution in [0.5, 0.6) is 5.75 Å². The summed E-state index contributed by atoms with van der Waals surface area (Å²) in [4.78, 5) is 28.7. The summed E-state index contributed by atoms with van der Waals surface area (Å²) in [6.45, 7) is 1.06.